The maximum atomic E-state index is 12.0. The van der Waals surface area contributed by atoms with Crippen LogP contribution >= 0.6 is 0 Å². The third-order valence-corrected chi connectivity index (χ3v) is 3.41. The number of nitrogens with zero attached hydrogens (tertiary/aromatic N) is 1. The topological polar surface area (TPSA) is 47.9 Å². The monoisotopic (exact) mass is 307 g/mol. The first-order valence-corrected chi connectivity index (χ1v) is 7.48. The molecule has 116 valence electrons. The Kier molecular flexibility index (Phi) is 4.24. The van der Waals surface area contributed by atoms with Gasteiger partial charge < -0.3 is 9.47 Å². The summed E-state index contributed by atoms with van der Waals surface area (Å²) in [5, 5.41) is 0. The van der Waals surface area contributed by atoms with Gasteiger partial charge in [0.05, 0.1) is 6.61 Å². The molecule has 0 atom stereocenters. The first kappa shape index (κ1) is 15.0. The Bertz CT molecular complexity index is 771. The second-order valence-corrected chi connectivity index (χ2v) is 5.20. The van der Waals surface area contributed by atoms with Crippen molar-refractivity contribution in [2.45, 2.75) is 13.8 Å². The molecule has 0 bridgehead atoms. The molecule has 0 spiro atoms. The molecule has 0 saturated heterocycles. The molecule has 2 aromatic rings. The third kappa shape index (κ3) is 3.48. The molecule has 0 aromatic heterocycles. The van der Waals surface area contributed by atoms with Crippen LogP contribution in [0.4, 0.5) is 0 Å². The fraction of sp³-hybridized carbons (Fsp3) is 0.158. The van der Waals surface area contributed by atoms with Gasteiger partial charge >= 0.3 is 5.97 Å². The molecule has 2 aromatic carbocycles. The first-order chi connectivity index (χ1) is 11.2. The van der Waals surface area contributed by atoms with Crippen molar-refractivity contribution in [3.63, 3.8) is 0 Å². The van der Waals surface area contributed by atoms with Crippen molar-refractivity contribution in [1.82, 2.24) is 0 Å². The molecule has 1 aliphatic heterocycles. The van der Waals surface area contributed by atoms with Gasteiger partial charge in [0.1, 0.15) is 5.75 Å². The molecule has 0 saturated carbocycles. The lowest BCUT2D eigenvalue weighted by Crippen LogP contribution is -2.05. The van der Waals surface area contributed by atoms with Gasteiger partial charge in [-0.25, -0.2) is 9.79 Å². The lowest BCUT2D eigenvalue weighted by Gasteiger charge is -2.02. The van der Waals surface area contributed by atoms with E-state index < -0.39 is 5.97 Å². The number of ether oxygens (including phenoxy) is 2. The predicted molar refractivity (Wildman–Crippen MR) is 89.4 cm³/mol. The van der Waals surface area contributed by atoms with E-state index >= 15 is 0 Å². The highest BCUT2D eigenvalue weighted by Crippen LogP contribution is 2.20. The summed E-state index contributed by atoms with van der Waals surface area (Å²) in [5.41, 5.74) is 3.10. The minimum absolute atomic E-state index is 0.296. The molecule has 0 N–H and O–H groups in total. The highest BCUT2D eigenvalue weighted by molar-refractivity contribution is 6.12. The smallest absolute Gasteiger partial charge is 0.363 e. The summed E-state index contributed by atoms with van der Waals surface area (Å²) in [5.74, 6) is 0.703. The number of hydrogen-bond donors (Lipinski definition) is 0. The van der Waals surface area contributed by atoms with Crippen molar-refractivity contribution in [1.29, 1.82) is 0 Å². The summed E-state index contributed by atoms with van der Waals surface area (Å²) in [6.45, 7) is 4.56. The van der Waals surface area contributed by atoms with Gasteiger partial charge in [0.25, 0.3) is 0 Å². The summed E-state index contributed by atoms with van der Waals surface area (Å²) in [6.07, 6.45) is 1.71. The second-order valence-electron chi connectivity index (χ2n) is 5.20. The zero-order valence-electron chi connectivity index (χ0n) is 13.1. The van der Waals surface area contributed by atoms with Gasteiger partial charge in [-0.3, -0.25) is 0 Å². The average Bonchev–Trinajstić information content (AvgIpc) is 2.91. The van der Waals surface area contributed by atoms with Gasteiger partial charge in [-0.1, -0.05) is 29.8 Å². The summed E-state index contributed by atoms with van der Waals surface area (Å²) in [6, 6.07) is 15.2. The Morgan fingerprint density at radius 3 is 2.43 bits per heavy atom. The van der Waals surface area contributed by atoms with Crippen LogP contribution in [0.5, 0.6) is 5.75 Å². The van der Waals surface area contributed by atoms with Crippen molar-refractivity contribution in [3.8, 4) is 5.75 Å². The van der Waals surface area contributed by atoms with E-state index in [9.17, 15) is 4.79 Å². The number of aliphatic imine (C=N–C) groups is 1. The van der Waals surface area contributed by atoms with Gasteiger partial charge in [0.2, 0.25) is 5.90 Å². The van der Waals surface area contributed by atoms with E-state index in [4.69, 9.17) is 9.47 Å². The van der Waals surface area contributed by atoms with Crippen LogP contribution in [-0.2, 0) is 9.53 Å². The third-order valence-electron chi connectivity index (χ3n) is 3.41. The molecule has 0 radical (unpaired) electrons. The van der Waals surface area contributed by atoms with Crippen LogP contribution < -0.4 is 4.74 Å². The zero-order chi connectivity index (χ0) is 16.2. The largest absolute Gasteiger partial charge is 0.494 e. The lowest BCUT2D eigenvalue weighted by molar-refractivity contribution is -0.129. The minimum atomic E-state index is -0.436. The molecule has 4 heteroatoms. The number of carbonyl (C=O) groups is 1. The first-order valence-electron chi connectivity index (χ1n) is 7.48. The number of hydrogen-bond acceptors (Lipinski definition) is 4. The van der Waals surface area contributed by atoms with E-state index in [1.807, 2.05) is 62.4 Å². The number of benzene rings is 2. The van der Waals surface area contributed by atoms with Crippen LogP contribution in [0.25, 0.3) is 6.08 Å². The van der Waals surface area contributed by atoms with Crippen molar-refractivity contribution < 1.29 is 14.3 Å². The van der Waals surface area contributed by atoms with Gasteiger partial charge in [0, 0.05) is 5.56 Å². The molecule has 0 aliphatic carbocycles. The van der Waals surface area contributed by atoms with E-state index in [0.29, 0.717) is 18.2 Å². The maximum Gasteiger partial charge on any atom is 0.363 e. The Morgan fingerprint density at radius 1 is 1.09 bits per heavy atom. The molecule has 0 unspecified atom stereocenters. The molecule has 3 rings (SSSR count). The molecule has 0 fully saturated rings. The standard InChI is InChI=1S/C19H17NO3/c1-3-22-16-10-6-14(7-11-16)12-17-19(21)23-18(20-17)15-8-4-13(2)5-9-15/h4-12H,3H2,1-2H3/b17-12-. The van der Waals surface area contributed by atoms with Crippen LogP contribution in [0.2, 0.25) is 0 Å². The van der Waals surface area contributed by atoms with Crippen molar-refractivity contribution in [3.05, 3.63) is 70.9 Å². The minimum Gasteiger partial charge on any atom is -0.494 e. The number of cyclic esters (lactones) is 1. The number of aryl methyl sites for hydroxylation is 1. The quantitative estimate of drug-likeness (QED) is 0.638. The Labute approximate surface area is 135 Å². The number of carbonyl (C=O) groups excluding carboxylic acids is 1. The fourth-order valence-electron chi connectivity index (χ4n) is 2.21. The van der Waals surface area contributed by atoms with Crippen molar-refractivity contribution >= 4 is 17.9 Å². The fourth-order valence-corrected chi connectivity index (χ4v) is 2.21. The predicted octanol–water partition coefficient (Wildman–Crippen LogP) is 3.74. The van der Waals surface area contributed by atoms with Crippen LogP contribution in [-0.4, -0.2) is 18.5 Å². The Morgan fingerprint density at radius 2 is 1.78 bits per heavy atom. The van der Waals surface area contributed by atoms with Crippen LogP contribution in [0, 0.1) is 6.92 Å². The molecule has 0 amide bonds. The highest BCUT2D eigenvalue weighted by atomic mass is 16.6. The molecule has 1 aliphatic rings. The number of esters is 1. The summed E-state index contributed by atoms with van der Waals surface area (Å²) >= 11 is 0. The van der Waals surface area contributed by atoms with Gasteiger partial charge in [-0.15, -0.1) is 0 Å². The van der Waals surface area contributed by atoms with E-state index in [1.165, 1.54) is 0 Å². The maximum absolute atomic E-state index is 12.0. The van der Waals surface area contributed by atoms with E-state index in [1.54, 1.807) is 6.08 Å². The second kappa shape index (κ2) is 6.48. The van der Waals surface area contributed by atoms with Crippen molar-refractivity contribution in [2.75, 3.05) is 6.61 Å². The Hall–Kier alpha value is -2.88. The summed E-state index contributed by atoms with van der Waals surface area (Å²) in [4.78, 5) is 16.3. The summed E-state index contributed by atoms with van der Waals surface area (Å²) in [7, 11) is 0. The molecular formula is C19H17NO3. The molecule has 1 heterocycles. The number of rotatable bonds is 4. The van der Waals surface area contributed by atoms with Crippen LogP contribution in [0.1, 0.15) is 23.6 Å². The van der Waals surface area contributed by atoms with Gasteiger partial charge in [-0.05, 0) is 49.8 Å². The van der Waals surface area contributed by atoms with E-state index in [0.717, 1.165) is 22.4 Å². The van der Waals surface area contributed by atoms with Gasteiger partial charge in [0.15, 0.2) is 5.70 Å². The molecular weight excluding hydrogens is 290 g/mol. The van der Waals surface area contributed by atoms with Crippen LogP contribution in [0.15, 0.2) is 59.2 Å². The normalized spacial score (nSPS) is 15.5. The van der Waals surface area contributed by atoms with Crippen LogP contribution in [0.3, 0.4) is 0 Å². The SMILES string of the molecule is CCOc1ccc(/C=C2\N=C(c3ccc(C)cc3)OC2=O)cc1. The van der Waals surface area contributed by atoms with E-state index in [2.05, 4.69) is 4.99 Å². The van der Waals surface area contributed by atoms with Crippen molar-refractivity contribution in [2.24, 2.45) is 4.99 Å². The molecule has 4 nitrogen and oxygen atoms in total. The van der Waals surface area contributed by atoms with E-state index in [-0.39, 0.29) is 0 Å². The highest BCUT2D eigenvalue weighted by Gasteiger charge is 2.23. The molecule has 23 heavy (non-hydrogen) atoms. The van der Waals surface area contributed by atoms with Gasteiger partial charge in [-0.2, -0.15) is 0 Å². The average molecular weight is 307 g/mol. The zero-order valence-corrected chi connectivity index (χ0v) is 13.1. The summed E-state index contributed by atoms with van der Waals surface area (Å²) < 4.78 is 10.6. The Balaban J connectivity index is 1.84. The lowest BCUT2D eigenvalue weighted by atomic mass is 10.1.